The molecule has 8 heteroatoms. The van der Waals surface area contributed by atoms with Crippen LogP contribution in [0, 0.1) is 11.3 Å². The van der Waals surface area contributed by atoms with Crippen molar-refractivity contribution in [2.24, 2.45) is 0 Å². The summed E-state index contributed by atoms with van der Waals surface area (Å²) in [4.78, 5) is 12.2. The molecule has 0 atom stereocenters. The summed E-state index contributed by atoms with van der Waals surface area (Å²) in [7, 11) is -3.81. The molecular formula is C18H17ClN2O4S. The van der Waals surface area contributed by atoms with Crippen LogP contribution in [0.2, 0.25) is 5.02 Å². The second-order valence-electron chi connectivity index (χ2n) is 5.26. The van der Waals surface area contributed by atoms with E-state index < -0.39 is 16.0 Å². The van der Waals surface area contributed by atoms with Gasteiger partial charge >= 0.3 is 5.97 Å². The lowest BCUT2D eigenvalue weighted by molar-refractivity contribution is 0.0734. The Bertz CT molecular complexity index is 946. The number of halogens is 1. The van der Waals surface area contributed by atoms with Crippen LogP contribution in [0.25, 0.3) is 0 Å². The summed E-state index contributed by atoms with van der Waals surface area (Å²) in [6, 6.07) is 11.9. The summed E-state index contributed by atoms with van der Waals surface area (Å²) < 4.78 is 31.8. The maximum absolute atomic E-state index is 12.7. The van der Waals surface area contributed by atoms with Crippen molar-refractivity contribution in [1.82, 2.24) is 4.31 Å². The van der Waals surface area contributed by atoms with Gasteiger partial charge in [0.25, 0.3) is 0 Å². The molecule has 0 aliphatic carbocycles. The van der Waals surface area contributed by atoms with Gasteiger partial charge in [0.15, 0.2) is 0 Å². The molecule has 0 N–H and O–H groups in total. The summed E-state index contributed by atoms with van der Waals surface area (Å²) in [5.74, 6) is -0.473. The largest absolute Gasteiger partial charge is 0.423 e. The highest BCUT2D eigenvalue weighted by Gasteiger charge is 2.26. The Morgan fingerprint density at radius 1 is 1.15 bits per heavy atom. The van der Waals surface area contributed by atoms with Crippen LogP contribution >= 0.6 is 11.6 Å². The van der Waals surface area contributed by atoms with Crippen molar-refractivity contribution in [2.45, 2.75) is 18.7 Å². The van der Waals surface area contributed by atoms with Crippen molar-refractivity contribution < 1.29 is 17.9 Å². The van der Waals surface area contributed by atoms with Crippen LogP contribution in [0.5, 0.6) is 5.75 Å². The molecule has 0 aliphatic heterocycles. The van der Waals surface area contributed by atoms with Gasteiger partial charge in [-0.25, -0.2) is 13.2 Å². The van der Waals surface area contributed by atoms with Gasteiger partial charge in [-0.2, -0.15) is 9.57 Å². The first-order chi connectivity index (χ1) is 12.3. The molecule has 0 unspecified atom stereocenters. The van der Waals surface area contributed by atoms with Crippen molar-refractivity contribution >= 4 is 27.6 Å². The molecule has 0 aliphatic rings. The van der Waals surface area contributed by atoms with Gasteiger partial charge in [0.05, 0.1) is 22.2 Å². The quantitative estimate of drug-likeness (QED) is 0.555. The molecule has 0 saturated carbocycles. The normalized spacial score (nSPS) is 11.2. The highest BCUT2D eigenvalue weighted by molar-refractivity contribution is 7.89. The van der Waals surface area contributed by atoms with E-state index in [1.165, 1.54) is 46.8 Å². The number of nitrogens with zero attached hydrogens (tertiary/aromatic N) is 2. The number of rotatable bonds is 6. The molecule has 26 heavy (non-hydrogen) atoms. The number of carbonyl (C=O) groups excluding carboxylic acids is 1. The lowest BCUT2D eigenvalue weighted by Crippen LogP contribution is -2.31. The minimum Gasteiger partial charge on any atom is -0.423 e. The standard InChI is InChI=1S/C18H17ClN2O4S/c1-3-21(4-2)26(23,24)17-11-14(7-10-16(17)19)18(22)25-15-8-5-13(12-20)6-9-15/h5-11H,3-4H2,1-2H3. The monoisotopic (exact) mass is 392 g/mol. The van der Waals surface area contributed by atoms with Gasteiger partial charge in [0.2, 0.25) is 10.0 Å². The second kappa shape index (κ2) is 8.32. The molecule has 0 fully saturated rings. The Morgan fingerprint density at radius 2 is 1.77 bits per heavy atom. The van der Waals surface area contributed by atoms with Crippen molar-refractivity contribution in [2.75, 3.05) is 13.1 Å². The fourth-order valence-electron chi connectivity index (χ4n) is 2.29. The third-order valence-corrected chi connectivity index (χ3v) is 6.22. The molecule has 2 aromatic carbocycles. The van der Waals surface area contributed by atoms with Gasteiger partial charge in [-0.1, -0.05) is 25.4 Å². The lowest BCUT2D eigenvalue weighted by Gasteiger charge is -2.19. The number of nitriles is 1. The molecule has 0 bridgehead atoms. The molecular weight excluding hydrogens is 376 g/mol. The summed E-state index contributed by atoms with van der Waals surface area (Å²) in [5.41, 5.74) is 0.494. The van der Waals surface area contributed by atoms with Crippen molar-refractivity contribution in [3.63, 3.8) is 0 Å². The Morgan fingerprint density at radius 3 is 2.31 bits per heavy atom. The van der Waals surface area contributed by atoms with Gasteiger partial charge in [-0.05, 0) is 42.5 Å². The fraction of sp³-hybridized carbons (Fsp3) is 0.222. The lowest BCUT2D eigenvalue weighted by atomic mass is 10.2. The topological polar surface area (TPSA) is 87.5 Å². The van der Waals surface area contributed by atoms with Crippen molar-refractivity contribution in [3.05, 3.63) is 58.6 Å². The Hall–Kier alpha value is -2.40. The van der Waals surface area contributed by atoms with Crippen LogP contribution in [0.1, 0.15) is 29.8 Å². The van der Waals surface area contributed by atoms with E-state index in [-0.39, 0.29) is 34.3 Å². The predicted molar refractivity (Wildman–Crippen MR) is 97.7 cm³/mol. The first-order valence-electron chi connectivity index (χ1n) is 7.85. The fourth-order valence-corrected chi connectivity index (χ4v) is 4.25. The van der Waals surface area contributed by atoms with Crippen molar-refractivity contribution in [3.8, 4) is 11.8 Å². The highest BCUT2D eigenvalue weighted by atomic mass is 35.5. The van der Waals surface area contributed by atoms with Crippen LogP contribution in [0.15, 0.2) is 47.4 Å². The van der Waals surface area contributed by atoms with Gasteiger partial charge in [-0.15, -0.1) is 0 Å². The molecule has 2 aromatic rings. The summed E-state index contributed by atoms with van der Waals surface area (Å²) >= 11 is 6.05. The number of benzene rings is 2. The van der Waals surface area contributed by atoms with E-state index in [1.54, 1.807) is 13.8 Å². The maximum Gasteiger partial charge on any atom is 0.343 e. The van der Waals surface area contributed by atoms with E-state index in [4.69, 9.17) is 21.6 Å². The average Bonchev–Trinajstić information content (AvgIpc) is 2.63. The number of ether oxygens (including phenoxy) is 1. The Balaban J connectivity index is 2.33. The molecule has 6 nitrogen and oxygen atoms in total. The molecule has 0 radical (unpaired) electrons. The van der Waals surface area contributed by atoms with E-state index in [2.05, 4.69) is 0 Å². The highest BCUT2D eigenvalue weighted by Crippen LogP contribution is 2.26. The summed E-state index contributed by atoms with van der Waals surface area (Å²) in [5, 5.41) is 8.81. The minimum absolute atomic E-state index is 0.0341. The van der Waals surface area contributed by atoms with E-state index in [0.29, 0.717) is 5.56 Å². The zero-order chi connectivity index (χ0) is 19.3. The first-order valence-corrected chi connectivity index (χ1v) is 9.67. The van der Waals surface area contributed by atoms with Gasteiger partial charge in [-0.3, -0.25) is 0 Å². The second-order valence-corrected chi connectivity index (χ2v) is 7.57. The molecule has 0 saturated heterocycles. The molecule has 0 spiro atoms. The smallest absolute Gasteiger partial charge is 0.343 e. The third kappa shape index (κ3) is 4.22. The van der Waals surface area contributed by atoms with Crippen molar-refractivity contribution in [1.29, 1.82) is 5.26 Å². The van der Waals surface area contributed by atoms with Crippen LogP contribution in [-0.4, -0.2) is 31.8 Å². The van der Waals surface area contributed by atoms with Crippen LogP contribution < -0.4 is 4.74 Å². The molecule has 2 rings (SSSR count). The van der Waals surface area contributed by atoms with E-state index in [1.807, 2.05) is 6.07 Å². The number of carbonyl (C=O) groups is 1. The zero-order valence-corrected chi connectivity index (χ0v) is 15.8. The molecule has 0 heterocycles. The van der Waals surface area contributed by atoms with Gasteiger partial charge in [0.1, 0.15) is 10.6 Å². The van der Waals surface area contributed by atoms with Gasteiger partial charge < -0.3 is 4.74 Å². The number of esters is 1. The molecule has 0 amide bonds. The number of hydrogen-bond donors (Lipinski definition) is 0. The van der Waals surface area contributed by atoms with E-state index >= 15 is 0 Å². The number of sulfonamides is 1. The summed E-state index contributed by atoms with van der Waals surface area (Å²) in [6.07, 6.45) is 0. The van der Waals surface area contributed by atoms with E-state index in [0.717, 1.165) is 0 Å². The maximum atomic E-state index is 12.7. The number of hydrogen-bond acceptors (Lipinski definition) is 5. The van der Waals surface area contributed by atoms with Crippen LogP contribution in [0.3, 0.4) is 0 Å². The van der Waals surface area contributed by atoms with Crippen LogP contribution in [0.4, 0.5) is 0 Å². The van der Waals surface area contributed by atoms with Gasteiger partial charge in [0, 0.05) is 13.1 Å². The third-order valence-electron chi connectivity index (χ3n) is 3.68. The minimum atomic E-state index is -3.81. The molecule has 136 valence electrons. The Labute approximate surface area is 157 Å². The SMILES string of the molecule is CCN(CC)S(=O)(=O)c1cc(C(=O)Oc2ccc(C#N)cc2)ccc1Cl. The van der Waals surface area contributed by atoms with E-state index in [9.17, 15) is 13.2 Å². The average molecular weight is 393 g/mol. The Kier molecular flexibility index (Phi) is 6.37. The summed E-state index contributed by atoms with van der Waals surface area (Å²) in [6.45, 7) is 4.01. The first kappa shape index (κ1) is 19.9. The molecule has 0 aromatic heterocycles. The predicted octanol–water partition coefficient (Wildman–Crippen LogP) is 3.46. The zero-order valence-electron chi connectivity index (χ0n) is 14.3. The van der Waals surface area contributed by atoms with Crippen LogP contribution in [-0.2, 0) is 10.0 Å².